The average Bonchev–Trinajstić information content (AvgIpc) is 2.28. The van der Waals surface area contributed by atoms with Gasteiger partial charge in [-0.05, 0) is 19.1 Å². The van der Waals surface area contributed by atoms with Crippen LogP contribution in [-0.4, -0.2) is 29.9 Å². The number of benzene rings is 1. The first-order chi connectivity index (χ1) is 8.02. The summed E-state index contributed by atoms with van der Waals surface area (Å²) in [6, 6.07) is 5.26. The number of aliphatic hydroxyl groups is 1. The van der Waals surface area contributed by atoms with Crippen LogP contribution in [0.4, 0.5) is 0 Å². The van der Waals surface area contributed by atoms with Gasteiger partial charge in [-0.3, -0.25) is 0 Å². The van der Waals surface area contributed by atoms with Crippen LogP contribution in [0.1, 0.15) is 18.9 Å². The van der Waals surface area contributed by atoms with Crippen molar-refractivity contribution in [3.05, 3.63) is 23.8 Å². The zero-order valence-corrected chi connectivity index (χ0v) is 10.8. The van der Waals surface area contributed by atoms with Gasteiger partial charge in [0, 0.05) is 18.1 Å². The number of rotatable bonds is 6. The van der Waals surface area contributed by atoms with E-state index in [-0.39, 0.29) is 6.10 Å². The van der Waals surface area contributed by atoms with E-state index in [9.17, 15) is 0 Å². The summed E-state index contributed by atoms with van der Waals surface area (Å²) in [7, 11) is 1.57. The van der Waals surface area contributed by atoms with E-state index in [1.54, 1.807) is 32.2 Å². The molecule has 94 valence electrons. The Balaban J connectivity index is 2.76. The molecule has 0 aromatic heterocycles. The standard InChI is InChI=1S/C12H17NO3S/c1-8(14)3-4-16-11-6-9(12(13)17)5-10(7-11)15-2/h5-8,14H,3-4H2,1-2H3,(H2,13,17). The lowest BCUT2D eigenvalue weighted by Gasteiger charge is -2.11. The third-order valence-electron chi connectivity index (χ3n) is 2.20. The van der Waals surface area contributed by atoms with Crippen molar-refractivity contribution in [2.45, 2.75) is 19.4 Å². The number of hydrogen-bond donors (Lipinski definition) is 2. The molecule has 1 aromatic rings. The Bertz CT molecular complexity index is 393. The van der Waals surface area contributed by atoms with Crippen molar-refractivity contribution in [3.63, 3.8) is 0 Å². The minimum absolute atomic E-state index is 0.296. The van der Waals surface area contributed by atoms with Gasteiger partial charge >= 0.3 is 0 Å². The van der Waals surface area contributed by atoms with Crippen LogP contribution in [-0.2, 0) is 0 Å². The molecule has 0 radical (unpaired) electrons. The molecule has 0 aliphatic rings. The molecule has 1 unspecified atom stereocenters. The molecular weight excluding hydrogens is 238 g/mol. The van der Waals surface area contributed by atoms with E-state index < -0.39 is 0 Å². The summed E-state index contributed by atoms with van der Waals surface area (Å²) in [5, 5.41) is 9.13. The molecule has 5 heteroatoms. The smallest absolute Gasteiger partial charge is 0.123 e. The normalized spacial score (nSPS) is 11.9. The van der Waals surface area contributed by atoms with E-state index >= 15 is 0 Å². The highest BCUT2D eigenvalue weighted by Crippen LogP contribution is 2.23. The Kier molecular flexibility index (Phi) is 5.18. The Morgan fingerprint density at radius 3 is 2.59 bits per heavy atom. The van der Waals surface area contributed by atoms with Crippen LogP contribution in [0.3, 0.4) is 0 Å². The van der Waals surface area contributed by atoms with Crippen molar-refractivity contribution in [2.24, 2.45) is 5.73 Å². The number of thiocarbonyl (C=S) groups is 1. The third-order valence-corrected chi connectivity index (χ3v) is 2.44. The van der Waals surface area contributed by atoms with E-state index in [0.29, 0.717) is 35.1 Å². The fraction of sp³-hybridized carbons (Fsp3) is 0.417. The SMILES string of the molecule is COc1cc(OCCC(C)O)cc(C(N)=S)c1. The minimum atomic E-state index is -0.379. The molecule has 1 aromatic carbocycles. The summed E-state index contributed by atoms with van der Waals surface area (Å²) in [6.45, 7) is 2.15. The first-order valence-electron chi connectivity index (χ1n) is 5.32. The summed E-state index contributed by atoms with van der Waals surface area (Å²) in [6.07, 6.45) is 0.190. The quantitative estimate of drug-likeness (QED) is 0.754. The van der Waals surface area contributed by atoms with Crippen molar-refractivity contribution < 1.29 is 14.6 Å². The number of methoxy groups -OCH3 is 1. The number of aliphatic hydroxyl groups excluding tert-OH is 1. The lowest BCUT2D eigenvalue weighted by molar-refractivity contribution is 0.155. The maximum Gasteiger partial charge on any atom is 0.123 e. The molecule has 0 heterocycles. The number of hydrogen-bond acceptors (Lipinski definition) is 4. The topological polar surface area (TPSA) is 64.7 Å². The van der Waals surface area contributed by atoms with Gasteiger partial charge in [0.2, 0.25) is 0 Å². The largest absolute Gasteiger partial charge is 0.497 e. The predicted molar refractivity (Wildman–Crippen MR) is 70.7 cm³/mol. The van der Waals surface area contributed by atoms with E-state index in [0.717, 1.165) is 0 Å². The van der Waals surface area contributed by atoms with E-state index in [2.05, 4.69) is 0 Å². The van der Waals surface area contributed by atoms with Crippen molar-refractivity contribution in [1.82, 2.24) is 0 Å². The molecule has 0 bridgehead atoms. The maximum absolute atomic E-state index is 9.13. The van der Waals surface area contributed by atoms with Crippen LogP contribution in [0.15, 0.2) is 18.2 Å². The molecule has 0 fully saturated rings. The molecule has 1 atom stereocenters. The lowest BCUT2D eigenvalue weighted by atomic mass is 10.2. The molecule has 4 nitrogen and oxygen atoms in total. The van der Waals surface area contributed by atoms with Crippen LogP contribution in [0, 0.1) is 0 Å². The van der Waals surface area contributed by atoms with Crippen LogP contribution >= 0.6 is 12.2 Å². The molecule has 0 aliphatic carbocycles. The second-order valence-electron chi connectivity index (χ2n) is 3.75. The molecule has 0 amide bonds. The Labute approximate surface area is 106 Å². The molecule has 0 aliphatic heterocycles. The molecule has 0 saturated heterocycles. The number of ether oxygens (including phenoxy) is 2. The van der Waals surface area contributed by atoms with Gasteiger partial charge in [0.1, 0.15) is 16.5 Å². The van der Waals surface area contributed by atoms with Gasteiger partial charge in [0.25, 0.3) is 0 Å². The second-order valence-corrected chi connectivity index (χ2v) is 4.19. The molecule has 0 saturated carbocycles. The van der Waals surface area contributed by atoms with Crippen molar-refractivity contribution in [2.75, 3.05) is 13.7 Å². The monoisotopic (exact) mass is 255 g/mol. The molecule has 1 rings (SSSR count). The highest BCUT2D eigenvalue weighted by molar-refractivity contribution is 7.80. The fourth-order valence-corrected chi connectivity index (χ4v) is 1.38. The summed E-state index contributed by atoms with van der Waals surface area (Å²) in [5.41, 5.74) is 6.26. The van der Waals surface area contributed by atoms with Gasteiger partial charge in [-0.1, -0.05) is 12.2 Å². The maximum atomic E-state index is 9.13. The average molecular weight is 255 g/mol. The molecular formula is C12H17NO3S. The summed E-state index contributed by atoms with van der Waals surface area (Å²) < 4.78 is 10.6. The van der Waals surface area contributed by atoms with Gasteiger partial charge in [0.05, 0.1) is 19.8 Å². The summed E-state index contributed by atoms with van der Waals surface area (Å²) in [5.74, 6) is 1.27. The first-order valence-corrected chi connectivity index (χ1v) is 5.73. The van der Waals surface area contributed by atoms with E-state index in [4.69, 9.17) is 32.5 Å². The van der Waals surface area contributed by atoms with Crippen molar-refractivity contribution >= 4 is 17.2 Å². The van der Waals surface area contributed by atoms with Crippen LogP contribution in [0.2, 0.25) is 0 Å². The van der Waals surface area contributed by atoms with E-state index in [1.807, 2.05) is 0 Å². The van der Waals surface area contributed by atoms with Crippen LogP contribution in [0.25, 0.3) is 0 Å². The van der Waals surface area contributed by atoms with Crippen molar-refractivity contribution in [1.29, 1.82) is 0 Å². The Morgan fingerprint density at radius 1 is 1.41 bits per heavy atom. The lowest BCUT2D eigenvalue weighted by Crippen LogP contribution is -2.11. The molecule has 3 N–H and O–H groups in total. The van der Waals surface area contributed by atoms with Gasteiger partial charge in [-0.2, -0.15) is 0 Å². The van der Waals surface area contributed by atoms with Gasteiger partial charge in [-0.25, -0.2) is 0 Å². The predicted octanol–water partition coefficient (Wildman–Crippen LogP) is 1.48. The molecule has 17 heavy (non-hydrogen) atoms. The zero-order valence-electron chi connectivity index (χ0n) is 9.97. The number of nitrogens with two attached hydrogens (primary N) is 1. The van der Waals surface area contributed by atoms with Crippen molar-refractivity contribution in [3.8, 4) is 11.5 Å². The highest BCUT2D eigenvalue weighted by atomic mass is 32.1. The third kappa shape index (κ3) is 4.58. The Morgan fingerprint density at radius 2 is 2.06 bits per heavy atom. The zero-order chi connectivity index (χ0) is 12.8. The van der Waals surface area contributed by atoms with Crippen LogP contribution in [0.5, 0.6) is 11.5 Å². The summed E-state index contributed by atoms with van der Waals surface area (Å²) in [4.78, 5) is 0.296. The fourth-order valence-electron chi connectivity index (χ4n) is 1.26. The minimum Gasteiger partial charge on any atom is -0.497 e. The van der Waals surface area contributed by atoms with Gasteiger partial charge in [-0.15, -0.1) is 0 Å². The summed E-state index contributed by atoms with van der Waals surface area (Å²) >= 11 is 4.91. The molecule has 0 spiro atoms. The van der Waals surface area contributed by atoms with Gasteiger partial charge in [0.15, 0.2) is 0 Å². The van der Waals surface area contributed by atoms with Crippen LogP contribution < -0.4 is 15.2 Å². The second kappa shape index (κ2) is 6.42. The highest BCUT2D eigenvalue weighted by Gasteiger charge is 2.05. The first kappa shape index (κ1) is 13.7. The van der Waals surface area contributed by atoms with Gasteiger partial charge < -0.3 is 20.3 Å². The Hall–Kier alpha value is -1.33. The van der Waals surface area contributed by atoms with E-state index in [1.165, 1.54) is 0 Å².